The van der Waals surface area contributed by atoms with Crippen LogP contribution in [0, 0.1) is 0 Å². The number of nitrogens with one attached hydrogen (secondary N) is 1. The number of hydrogen-bond acceptors (Lipinski definition) is 1. The molecule has 1 aromatic carbocycles. The fourth-order valence-electron chi connectivity index (χ4n) is 2.02. The van der Waals surface area contributed by atoms with E-state index in [1.807, 2.05) is 12.1 Å². The summed E-state index contributed by atoms with van der Waals surface area (Å²) >= 11 is 6.14. The summed E-state index contributed by atoms with van der Waals surface area (Å²) < 4.78 is 0. The van der Waals surface area contributed by atoms with Crippen molar-refractivity contribution in [3.8, 4) is 0 Å². The molecule has 0 saturated carbocycles. The molecule has 0 aliphatic heterocycles. The predicted molar refractivity (Wildman–Crippen MR) is 72.1 cm³/mol. The molecule has 0 saturated heterocycles. The van der Waals surface area contributed by atoms with Crippen molar-refractivity contribution in [3.05, 3.63) is 34.9 Å². The van der Waals surface area contributed by atoms with Crippen molar-refractivity contribution in [1.29, 1.82) is 0 Å². The standard InChI is InChI=1S/C14H22ClN/c1-3-7-13(16-4-2)11-10-12-8-5-6-9-14(12)15/h5-6,8-9,13,16H,3-4,7,10-11H2,1-2H3. The summed E-state index contributed by atoms with van der Waals surface area (Å²) in [6.07, 6.45) is 4.72. The van der Waals surface area contributed by atoms with E-state index in [2.05, 4.69) is 31.3 Å². The number of hydrogen-bond donors (Lipinski definition) is 1. The van der Waals surface area contributed by atoms with Gasteiger partial charge in [-0.15, -0.1) is 0 Å². The molecule has 90 valence electrons. The van der Waals surface area contributed by atoms with Crippen LogP contribution >= 0.6 is 11.6 Å². The molecule has 0 heterocycles. The van der Waals surface area contributed by atoms with Crippen LogP contribution in [-0.2, 0) is 6.42 Å². The van der Waals surface area contributed by atoms with Crippen LogP contribution in [0.1, 0.15) is 38.7 Å². The predicted octanol–water partition coefficient (Wildman–Crippen LogP) is 4.05. The molecule has 0 aromatic heterocycles. The maximum atomic E-state index is 6.14. The minimum Gasteiger partial charge on any atom is -0.314 e. The topological polar surface area (TPSA) is 12.0 Å². The smallest absolute Gasteiger partial charge is 0.0437 e. The Kier molecular flexibility index (Phi) is 6.51. The first kappa shape index (κ1) is 13.5. The van der Waals surface area contributed by atoms with Gasteiger partial charge in [-0.05, 0) is 37.4 Å². The van der Waals surface area contributed by atoms with Gasteiger partial charge in [0.05, 0.1) is 0 Å². The van der Waals surface area contributed by atoms with Crippen LogP contribution < -0.4 is 5.32 Å². The second kappa shape index (κ2) is 7.70. The zero-order valence-electron chi connectivity index (χ0n) is 10.3. The van der Waals surface area contributed by atoms with Gasteiger partial charge in [0.15, 0.2) is 0 Å². The highest BCUT2D eigenvalue weighted by Crippen LogP contribution is 2.18. The van der Waals surface area contributed by atoms with E-state index in [9.17, 15) is 0 Å². The lowest BCUT2D eigenvalue weighted by atomic mass is 10.0. The van der Waals surface area contributed by atoms with E-state index in [-0.39, 0.29) is 0 Å². The van der Waals surface area contributed by atoms with E-state index in [0.29, 0.717) is 6.04 Å². The summed E-state index contributed by atoms with van der Waals surface area (Å²) in [5.41, 5.74) is 1.27. The number of benzene rings is 1. The van der Waals surface area contributed by atoms with Crippen LogP contribution in [0.4, 0.5) is 0 Å². The Bertz CT molecular complexity index is 293. The first-order chi connectivity index (χ1) is 7.77. The normalized spacial score (nSPS) is 12.7. The molecular weight excluding hydrogens is 218 g/mol. The Morgan fingerprint density at radius 3 is 2.56 bits per heavy atom. The SMILES string of the molecule is CCCC(CCc1ccccc1Cl)NCC. The minimum atomic E-state index is 0.631. The molecule has 1 aromatic rings. The summed E-state index contributed by atoms with van der Waals surface area (Å²) in [5, 5.41) is 4.43. The van der Waals surface area contributed by atoms with E-state index < -0.39 is 0 Å². The van der Waals surface area contributed by atoms with Gasteiger partial charge in [-0.2, -0.15) is 0 Å². The third-order valence-corrected chi connectivity index (χ3v) is 3.22. The van der Waals surface area contributed by atoms with Crippen molar-refractivity contribution >= 4 is 11.6 Å². The minimum absolute atomic E-state index is 0.631. The van der Waals surface area contributed by atoms with Gasteiger partial charge < -0.3 is 5.32 Å². The molecule has 0 fully saturated rings. The van der Waals surface area contributed by atoms with E-state index >= 15 is 0 Å². The molecule has 16 heavy (non-hydrogen) atoms. The summed E-state index contributed by atoms with van der Waals surface area (Å²) in [6.45, 7) is 5.45. The Morgan fingerprint density at radius 1 is 1.19 bits per heavy atom. The first-order valence-corrected chi connectivity index (χ1v) is 6.62. The van der Waals surface area contributed by atoms with E-state index in [0.717, 1.165) is 18.0 Å². The molecule has 1 nitrogen and oxygen atoms in total. The fourth-order valence-corrected chi connectivity index (χ4v) is 2.25. The number of rotatable bonds is 7. The van der Waals surface area contributed by atoms with Gasteiger partial charge in [0.25, 0.3) is 0 Å². The van der Waals surface area contributed by atoms with Gasteiger partial charge in [-0.1, -0.05) is 50.1 Å². The van der Waals surface area contributed by atoms with Gasteiger partial charge in [-0.25, -0.2) is 0 Å². The Balaban J connectivity index is 2.45. The average molecular weight is 240 g/mol. The van der Waals surface area contributed by atoms with Crippen LogP contribution in [0.25, 0.3) is 0 Å². The highest BCUT2D eigenvalue weighted by atomic mass is 35.5. The number of halogens is 1. The highest BCUT2D eigenvalue weighted by Gasteiger charge is 2.07. The summed E-state index contributed by atoms with van der Waals surface area (Å²) in [7, 11) is 0. The van der Waals surface area contributed by atoms with E-state index in [4.69, 9.17) is 11.6 Å². The molecule has 0 radical (unpaired) electrons. The lowest BCUT2D eigenvalue weighted by molar-refractivity contribution is 0.460. The Labute approximate surface area is 104 Å². The van der Waals surface area contributed by atoms with Crippen molar-refractivity contribution in [3.63, 3.8) is 0 Å². The van der Waals surface area contributed by atoms with Gasteiger partial charge in [0.2, 0.25) is 0 Å². The third kappa shape index (κ3) is 4.54. The quantitative estimate of drug-likeness (QED) is 0.757. The van der Waals surface area contributed by atoms with Crippen LogP contribution in [0.15, 0.2) is 24.3 Å². The molecule has 1 N–H and O–H groups in total. The molecule has 2 heteroatoms. The molecule has 1 atom stereocenters. The Morgan fingerprint density at radius 2 is 1.94 bits per heavy atom. The fraction of sp³-hybridized carbons (Fsp3) is 0.571. The van der Waals surface area contributed by atoms with Crippen molar-refractivity contribution in [1.82, 2.24) is 5.32 Å². The monoisotopic (exact) mass is 239 g/mol. The summed E-state index contributed by atoms with van der Waals surface area (Å²) in [5.74, 6) is 0. The lowest BCUT2D eigenvalue weighted by Gasteiger charge is -2.17. The van der Waals surface area contributed by atoms with Crippen molar-refractivity contribution in [2.75, 3.05) is 6.54 Å². The summed E-state index contributed by atoms with van der Waals surface area (Å²) in [4.78, 5) is 0. The van der Waals surface area contributed by atoms with Crippen molar-refractivity contribution in [2.45, 2.75) is 45.6 Å². The molecule has 0 amide bonds. The lowest BCUT2D eigenvalue weighted by Crippen LogP contribution is -2.29. The molecule has 0 spiro atoms. The van der Waals surface area contributed by atoms with Gasteiger partial charge >= 0.3 is 0 Å². The maximum Gasteiger partial charge on any atom is 0.0437 e. The van der Waals surface area contributed by atoms with Crippen LogP contribution in [0.2, 0.25) is 5.02 Å². The van der Waals surface area contributed by atoms with Gasteiger partial charge in [0.1, 0.15) is 0 Å². The molecule has 1 unspecified atom stereocenters. The molecular formula is C14H22ClN. The van der Waals surface area contributed by atoms with Crippen molar-refractivity contribution < 1.29 is 0 Å². The molecule has 0 aliphatic carbocycles. The van der Waals surface area contributed by atoms with Crippen LogP contribution in [0.3, 0.4) is 0 Å². The largest absolute Gasteiger partial charge is 0.314 e. The van der Waals surface area contributed by atoms with E-state index in [1.54, 1.807) is 0 Å². The third-order valence-electron chi connectivity index (χ3n) is 2.85. The molecule has 1 rings (SSSR count). The number of aryl methyl sites for hydroxylation is 1. The zero-order chi connectivity index (χ0) is 11.8. The second-order valence-corrected chi connectivity index (χ2v) is 4.58. The zero-order valence-corrected chi connectivity index (χ0v) is 11.1. The van der Waals surface area contributed by atoms with E-state index in [1.165, 1.54) is 24.8 Å². The second-order valence-electron chi connectivity index (χ2n) is 4.17. The van der Waals surface area contributed by atoms with Crippen molar-refractivity contribution in [2.24, 2.45) is 0 Å². The van der Waals surface area contributed by atoms with Crippen LogP contribution in [0.5, 0.6) is 0 Å². The maximum absolute atomic E-state index is 6.14. The molecule has 0 bridgehead atoms. The first-order valence-electron chi connectivity index (χ1n) is 6.24. The molecule has 0 aliphatic rings. The highest BCUT2D eigenvalue weighted by molar-refractivity contribution is 6.31. The summed E-state index contributed by atoms with van der Waals surface area (Å²) in [6, 6.07) is 8.77. The van der Waals surface area contributed by atoms with Crippen LogP contribution in [-0.4, -0.2) is 12.6 Å². The van der Waals surface area contributed by atoms with Gasteiger partial charge in [0, 0.05) is 11.1 Å². The Hall–Kier alpha value is -0.530. The average Bonchev–Trinajstić information content (AvgIpc) is 2.28. The van der Waals surface area contributed by atoms with Gasteiger partial charge in [-0.3, -0.25) is 0 Å².